The zero-order valence-electron chi connectivity index (χ0n) is 14.9. The van der Waals surface area contributed by atoms with Crippen LogP contribution in [0.1, 0.15) is 58.8 Å². The minimum Gasteiger partial charge on any atom is -0.481 e. The predicted octanol–water partition coefficient (Wildman–Crippen LogP) is 2.33. The van der Waals surface area contributed by atoms with Crippen LogP contribution in [0.15, 0.2) is 0 Å². The summed E-state index contributed by atoms with van der Waals surface area (Å²) in [7, 11) is 0. The molecular weight excluding hydrogens is 324 g/mol. The number of carboxylic acid groups (broad SMARTS) is 2. The van der Waals surface area contributed by atoms with Crippen molar-refractivity contribution in [3.8, 4) is 0 Å². The van der Waals surface area contributed by atoms with Gasteiger partial charge in [-0.3, -0.25) is 14.4 Å². The normalized spacial score (nSPS) is 46.4. The Hall–Kier alpha value is -1.43. The van der Waals surface area contributed by atoms with Crippen molar-refractivity contribution < 1.29 is 29.7 Å². The third-order valence-corrected chi connectivity index (χ3v) is 7.68. The highest BCUT2D eigenvalue weighted by Gasteiger charge is 2.63. The molecule has 3 N–H and O–H groups in total. The minimum absolute atomic E-state index is 0.0172. The summed E-state index contributed by atoms with van der Waals surface area (Å²) in [6.45, 7) is 3.79. The van der Waals surface area contributed by atoms with Crippen LogP contribution < -0.4 is 0 Å². The molecule has 7 atom stereocenters. The Balaban J connectivity index is 1.94. The van der Waals surface area contributed by atoms with E-state index >= 15 is 0 Å². The number of carbonyl (C=O) groups excluding carboxylic acids is 1. The summed E-state index contributed by atoms with van der Waals surface area (Å²) in [5.74, 6) is -2.36. The summed E-state index contributed by atoms with van der Waals surface area (Å²) in [5.41, 5.74) is -1.25. The van der Waals surface area contributed by atoms with E-state index in [0.717, 1.165) is 6.42 Å². The molecule has 3 aliphatic rings. The fraction of sp³-hybridized carbons (Fsp3) is 0.842. The number of hydrogen-bond donors (Lipinski definition) is 3. The minimum atomic E-state index is -0.921. The quantitative estimate of drug-likeness (QED) is 0.716. The van der Waals surface area contributed by atoms with Gasteiger partial charge in [0, 0.05) is 24.2 Å². The SMILES string of the molecule is C[C@]1(CCC(=O)O)C(O)CCC2C3CCC(C(=O)O)[C@@]3(C)CC(=O)C21. The summed E-state index contributed by atoms with van der Waals surface area (Å²) >= 11 is 0. The van der Waals surface area contributed by atoms with Gasteiger partial charge in [-0.1, -0.05) is 13.8 Å². The summed E-state index contributed by atoms with van der Waals surface area (Å²) in [4.78, 5) is 35.8. The van der Waals surface area contributed by atoms with Gasteiger partial charge in [0.2, 0.25) is 0 Å². The second-order valence-electron chi connectivity index (χ2n) is 8.86. The highest BCUT2D eigenvalue weighted by atomic mass is 16.4. The van der Waals surface area contributed by atoms with Crippen LogP contribution in [-0.4, -0.2) is 39.1 Å². The predicted molar refractivity (Wildman–Crippen MR) is 88.8 cm³/mol. The first-order valence-electron chi connectivity index (χ1n) is 9.26. The number of aliphatic hydroxyl groups excluding tert-OH is 1. The Morgan fingerprint density at radius 2 is 1.80 bits per heavy atom. The monoisotopic (exact) mass is 352 g/mol. The molecule has 0 radical (unpaired) electrons. The van der Waals surface area contributed by atoms with Crippen LogP contribution in [-0.2, 0) is 14.4 Å². The zero-order chi connectivity index (χ0) is 18.6. The first kappa shape index (κ1) is 18.4. The average Bonchev–Trinajstić information content (AvgIpc) is 2.85. The summed E-state index contributed by atoms with van der Waals surface area (Å²) in [6.07, 6.45) is 2.42. The number of carbonyl (C=O) groups is 3. The van der Waals surface area contributed by atoms with Gasteiger partial charge in [-0.05, 0) is 49.4 Å². The van der Waals surface area contributed by atoms with E-state index < -0.39 is 34.8 Å². The Morgan fingerprint density at radius 3 is 2.40 bits per heavy atom. The van der Waals surface area contributed by atoms with Crippen molar-refractivity contribution in [1.82, 2.24) is 0 Å². The van der Waals surface area contributed by atoms with Gasteiger partial charge in [0.05, 0.1) is 12.0 Å². The molecule has 0 amide bonds. The molecule has 0 aromatic rings. The highest BCUT2D eigenvalue weighted by molar-refractivity contribution is 5.85. The molecule has 3 saturated carbocycles. The van der Waals surface area contributed by atoms with Crippen molar-refractivity contribution >= 4 is 17.7 Å². The van der Waals surface area contributed by atoms with E-state index in [0.29, 0.717) is 19.3 Å². The largest absolute Gasteiger partial charge is 0.481 e. The van der Waals surface area contributed by atoms with E-state index in [4.69, 9.17) is 5.11 Å². The van der Waals surface area contributed by atoms with Crippen molar-refractivity contribution in [2.75, 3.05) is 0 Å². The van der Waals surface area contributed by atoms with Crippen LogP contribution in [0.4, 0.5) is 0 Å². The second-order valence-corrected chi connectivity index (χ2v) is 8.86. The van der Waals surface area contributed by atoms with Crippen LogP contribution in [0.3, 0.4) is 0 Å². The van der Waals surface area contributed by atoms with Crippen molar-refractivity contribution in [2.45, 2.75) is 64.9 Å². The van der Waals surface area contributed by atoms with Crippen molar-refractivity contribution in [3.63, 3.8) is 0 Å². The molecule has 3 fully saturated rings. The molecule has 0 spiro atoms. The summed E-state index contributed by atoms with van der Waals surface area (Å²) in [6, 6.07) is 0. The number of aliphatic hydroxyl groups is 1. The van der Waals surface area contributed by atoms with E-state index in [2.05, 4.69) is 0 Å². The first-order valence-corrected chi connectivity index (χ1v) is 9.26. The van der Waals surface area contributed by atoms with Crippen LogP contribution in [0.2, 0.25) is 0 Å². The van der Waals surface area contributed by atoms with Gasteiger partial charge in [0.1, 0.15) is 5.78 Å². The van der Waals surface area contributed by atoms with Crippen molar-refractivity contribution in [3.05, 3.63) is 0 Å². The molecule has 0 bridgehead atoms. The molecule has 6 heteroatoms. The molecule has 6 nitrogen and oxygen atoms in total. The molecule has 0 heterocycles. The lowest BCUT2D eigenvalue weighted by atomic mass is 9.47. The fourth-order valence-electron chi connectivity index (χ4n) is 6.39. The molecule has 25 heavy (non-hydrogen) atoms. The lowest BCUT2D eigenvalue weighted by Crippen LogP contribution is -2.58. The molecule has 3 rings (SSSR count). The maximum atomic E-state index is 13.1. The Labute approximate surface area is 147 Å². The average molecular weight is 352 g/mol. The Bertz CT molecular complexity index is 601. The number of Topliss-reactive ketones (excluding diaryl/α,β-unsaturated/α-hetero) is 1. The van der Waals surface area contributed by atoms with Crippen LogP contribution in [0.5, 0.6) is 0 Å². The summed E-state index contributed by atoms with van der Waals surface area (Å²) in [5, 5.41) is 29.2. The number of fused-ring (bicyclic) bond motifs is 3. The van der Waals surface area contributed by atoms with Gasteiger partial charge in [-0.2, -0.15) is 0 Å². The summed E-state index contributed by atoms with van der Waals surface area (Å²) < 4.78 is 0. The number of rotatable bonds is 4. The lowest BCUT2D eigenvalue weighted by molar-refractivity contribution is -0.168. The van der Waals surface area contributed by atoms with Crippen molar-refractivity contribution in [1.29, 1.82) is 0 Å². The van der Waals surface area contributed by atoms with E-state index in [1.54, 1.807) is 0 Å². The number of hydrogen-bond acceptors (Lipinski definition) is 4. The Morgan fingerprint density at radius 1 is 1.12 bits per heavy atom. The number of carboxylic acids is 2. The van der Waals surface area contributed by atoms with E-state index in [1.165, 1.54) is 0 Å². The third kappa shape index (κ3) is 2.69. The molecule has 5 unspecified atom stereocenters. The zero-order valence-corrected chi connectivity index (χ0v) is 14.9. The number of ketones is 1. The van der Waals surface area contributed by atoms with Crippen molar-refractivity contribution in [2.24, 2.45) is 34.5 Å². The fourth-order valence-corrected chi connectivity index (χ4v) is 6.39. The van der Waals surface area contributed by atoms with Gasteiger partial charge in [-0.25, -0.2) is 0 Å². The third-order valence-electron chi connectivity index (χ3n) is 7.68. The molecule has 140 valence electrons. The van der Waals surface area contributed by atoms with Gasteiger partial charge in [0.15, 0.2) is 0 Å². The standard InChI is InChI=1S/C19H28O6/c1-18(8-7-15(22)23)14(21)6-3-10-11-4-5-12(17(24)25)19(11,2)9-13(20)16(10)18/h10-12,14,16,21H,3-9H2,1-2H3,(H,22,23)(H,24,25)/t10?,11?,12?,14?,16?,18-,19-/m0/s1. The van der Waals surface area contributed by atoms with Crippen LogP contribution in [0, 0.1) is 34.5 Å². The second kappa shape index (κ2) is 6.08. The Kier molecular flexibility index (Phi) is 4.46. The smallest absolute Gasteiger partial charge is 0.307 e. The molecule has 0 saturated heterocycles. The molecule has 0 aromatic carbocycles. The van der Waals surface area contributed by atoms with E-state index in [9.17, 15) is 24.6 Å². The molecule has 0 aromatic heterocycles. The van der Waals surface area contributed by atoms with Gasteiger partial charge < -0.3 is 15.3 Å². The first-order chi connectivity index (χ1) is 11.6. The van der Waals surface area contributed by atoms with Gasteiger partial charge in [0.25, 0.3) is 0 Å². The topological polar surface area (TPSA) is 112 Å². The molecule has 0 aliphatic heterocycles. The van der Waals surface area contributed by atoms with E-state index in [-0.39, 0.29) is 42.8 Å². The van der Waals surface area contributed by atoms with Crippen LogP contribution in [0.25, 0.3) is 0 Å². The maximum Gasteiger partial charge on any atom is 0.307 e. The van der Waals surface area contributed by atoms with Gasteiger partial charge in [-0.15, -0.1) is 0 Å². The maximum absolute atomic E-state index is 13.1. The highest BCUT2D eigenvalue weighted by Crippen LogP contribution is 2.64. The van der Waals surface area contributed by atoms with Crippen LogP contribution >= 0.6 is 0 Å². The molecular formula is C19H28O6. The lowest BCUT2D eigenvalue weighted by Gasteiger charge is -2.56. The van der Waals surface area contributed by atoms with Gasteiger partial charge >= 0.3 is 11.9 Å². The number of aliphatic carboxylic acids is 2. The molecule has 3 aliphatic carbocycles. The van der Waals surface area contributed by atoms with E-state index in [1.807, 2.05) is 13.8 Å².